The fraction of sp³-hybridized carbons (Fsp3) is 0.364. The number of ether oxygens (including phenoxy) is 2. The Kier molecular flexibility index (Phi) is 5.15. The highest BCUT2D eigenvalue weighted by atomic mass is 16.6. The van der Waals surface area contributed by atoms with Gasteiger partial charge in [-0.1, -0.05) is 6.07 Å². The lowest BCUT2D eigenvalue weighted by Crippen LogP contribution is -2.15. The summed E-state index contributed by atoms with van der Waals surface area (Å²) >= 11 is 0. The Hall–Kier alpha value is -1.75. The Bertz CT molecular complexity index is 341. The van der Waals surface area contributed by atoms with Crippen LogP contribution in [-0.2, 0) is 9.53 Å². The lowest BCUT2D eigenvalue weighted by atomic mass is 10.3. The van der Waals surface area contributed by atoms with Crippen molar-refractivity contribution in [3.8, 4) is 5.75 Å². The third-order valence-corrected chi connectivity index (χ3v) is 1.78. The van der Waals surface area contributed by atoms with Crippen LogP contribution in [0.5, 0.6) is 5.75 Å². The summed E-state index contributed by atoms with van der Waals surface area (Å²) in [6.07, 6.45) is 0.435. The molecule has 0 bridgehead atoms. The zero-order valence-corrected chi connectivity index (χ0v) is 8.89. The monoisotopic (exact) mass is 225 g/mol. The largest absolute Gasteiger partial charge is 0.482 e. The number of benzene rings is 1. The standard InChI is InChI=1S/C11H15NO4/c12-9-3-1-4-10(7-9)16-8-11(14)15-6-2-5-13/h1,3-4,7,13H,2,5-6,8,12H2. The van der Waals surface area contributed by atoms with Crippen LogP contribution in [0.1, 0.15) is 6.42 Å². The van der Waals surface area contributed by atoms with Gasteiger partial charge in [0.2, 0.25) is 0 Å². The highest BCUT2D eigenvalue weighted by Crippen LogP contribution is 2.14. The van der Waals surface area contributed by atoms with Crippen LogP contribution in [0.25, 0.3) is 0 Å². The van der Waals surface area contributed by atoms with E-state index in [2.05, 4.69) is 0 Å². The van der Waals surface area contributed by atoms with E-state index in [0.717, 1.165) is 0 Å². The summed E-state index contributed by atoms with van der Waals surface area (Å²) in [5, 5.41) is 8.48. The van der Waals surface area contributed by atoms with Crippen LogP contribution < -0.4 is 10.5 Å². The van der Waals surface area contributed by atoms with Crippen LogP contribution in [0.3, 0.4) is 0 Å². The summed E-state index contributed by atoms with van der Waals surface area (Å²) < 4.78 is 9.94. The van der Waals surface area contributed by atoms with Crippen molar-refractivity contribution in [1.82, 2.24) is 0 Å². The second-order valence-electron chi connectivity index (χ2n) is 3.16. The molecule has 88 valence electrons. The molecule has 0 amide bonds. The number of esters is 1. The second-order valence-corrected chi connectivity index (χ2v) is 3.16. The zero-order valence-electron chi connectivity index (χ0n) is 8.89. The number of rotatable bonds is 6. The lowest BCUT2D eigenvalue weighted by molar-refractivity contribution is -0.146. The van der Waals surface area contributed by atoms with E-state index in [0.29, 0.717) is 17.9 Å². The van der Waals surface area contributed by atoms with Gasteiger partial charge in [0.1, 0.15) is 5.75 Å². The maximum Gasteiger partial charge on any atom is 0.344 e. The summed E-state index contributed by atoms with van der Waals surface area (Å²) in [6, 6.07) is 6.80. The first kappa shape index (κ1) is 12.3. The minimum atomic E-state index is -0.462. The van der Waals surface area contributed by atoms with Gasteiger partial charge >= 0.3 is 5.97 Å². The van der Waals surface area contributed by atoms with Crippen molar-refractivity contribution < 1.29 is 19.4 Å². The highest BCUT2D eigenvalue weighted by Gasteiger charge is 2.03. The molecule has 1 aromatic carbocycles. The third-order valence-electron chi connectivity index (χ3n) is 1.78. The number of carbonyl (C=O) groups excluding carboxylic acids is 1. The van der Waals surface area contributed by atoms with Crippen LogP contribution in [0, 0.1) is 0 Å². The summed E-state index contributed by atoms with van der Waals surface area (Å²) in [5.41, 5.74) is 6.11. The maximum absolute atomic E-state index is 11.1. The van der Waals surface area contributed by atoms with Gasteiger partial charge in [0.25, 0.3) is 0 Å². The molecule has 0 aliphatic rings. The van der Waals surface area contributed by atoms with Crippen LogP contribution in [-0.4, -0.2) is 30.9 Å². The van der Waals surface area contributed by atoms with E-state index in [1.165, 1.54) is 0 Å². The van der Waals surface area contributed by atoms with Crippen LogP contribution in [0.4, 0.5) is 5.69 Å². The molecule has 0 saturated carbocycles. The number of nitrogen functional groups attached to an aromatic ring is 1. The predicted molar refractivity (Wildman–Crippen MR) is 59.0 cm³/mol. The highest BCUT2D eigenvalue weighted by molar-refractivity contribution is 5.71. The van der Waals surface area contributed by atoms with E-state index in [9.17, 15) is 4.79 Å². The van der Waals surface area contributed by atoms with E-state index in [1.807, 2.05) is 0 Å². The molecular formula is C11H15NO4. The van der Waals surface area contributed by atoms with Crippen molar-refractivity contribution in [3.05, 3.63) is 24.3 Å². The molecule has 1 aromatic rings. The molecule has 0 atom stereocenters. The van der Waals surface area contributed by atoms with Gasteiger partial charge in [0.05, 0.1) is 6.61 Å². The molecule has 0 aliphatic carbocycles. The van der Waals surface area contributed by atoms with Crippen molar-refractivity contribution in [3.63, 3.8) is 0 Å². The molecule has 0 fully saturated rings. The topological polar surface area (TPSA) is 81.8 Å². The molecule has 0 saturated heterocycles. The molecule has 5 nitrogen and oxygen atoms in total. The van der Waals surface area contributed by atoms with Crippen molar-refractivity contribution in [1.29, 1.82) is 0 Å². The third kappa shape index (κ3) is 4.65. The summed E-state index contributed by atoms with van der Waals surface area (Å²) in [6.45, 7) is 0.0495. The smallest absolute Gasteiger partial charge is 0.344 e. The van der Waals surface area contributed by atoms with E-state index < -0.39 is 5.97 Å². The van der Waals surface area contributed by atoms with Crippen molar-refractivity contribution in [2.75, 3.05) is 25.6 Å². The Balaban J connectivity index is 2.26. The first-order chi connectivity index (χ1) is 7.72. The predicted octanol–water partition coefficient (Wildman–Crippen LogP) is 0.573. The van der Waals surface area contributed by atoms with E-state index in [1.54, 1.807) is 24.3 Å². The van der Waals surface area contributed by atoms with Crippen molar-refractivity contribution in [2.45, 2.75) is 6.42 Å². The lowest BCUT2D eigenvalue weighted by Gasteiger charge is -2.06. The minimum Gasteiger partial charge on any atom is -0.482 e. The number of aliphatic hydroxyl groups excluding tert-OH is 1. The Morgan fingerprint density at radius 1 is 1.44 bits per heavy atom. The number of hydrogen-bond acceptors (Lipinski definition) is 5. The van der Waals surface area contributed by atoms with Gasteiger partial charge in [-0.3, -0.25) is 0 Å². The van der Waals surface area contributed by atoms with Gasteiger partial charge in [0.15, 0.2) is 6.61 Å². The quantitative estimate of drug-likeness (QED) is 0.420. The molecule has 0 aliphatic heterocycles. The molecule has 3 N–H and O–H groups in total. The number of hydrogen-bond donors (Lipinski definition) is 2. The summed E-state index contributed by atoms with van der Waals surface area (Å²) in [4.78, 5) is 11.1. The van der Waals surface area contributed by atoms with E-state index >= 15 is 0 Å². The minimum absolute atomic E-state index is 0.00333. The fourth-order valence-electron chi connectivity index (χ4n) is 1.04. The van der Waals surface area contributed by atoms with Crippen LogP contribution in [0.2, 0.25) is 0 Å². The normalized spacial score (nSPS) is 9.81. The number of aliphatic hydroxyl groups is 1. The Morgan fingerprint density at radius 2 is 2.25 bits per heavy atom. The molecule has 5 heteroatoms. The first-order valence-corrected chi connectivity index (χ1v) is 4.97. The van der Waals surface area contributed by atoms with Crippen molar-refractivity contribution >= 4 is 11.7 Å². The zero-order chi connectivity index (χ0) is 11.8. The average molecular weight is 225 g/mol. The SMILES string of the molecule is Nc1cccc(OCC(=O)OCCCO)c1. The summed E-state index contributed by atoms with van der Waals surface area (Å²) in [5.74, 6) is 0.0648. The maximum atomic E-state index is 11.1. The van der Waals surface area contributed by atoms with Crippen molar-refractivity contribution in [2.24, 2.45) is 0 Å². The van der Waals surface area contributed by atoms with Gasteiger partial charge in [-0.15, -0.1) is 0 Å². The molecule has 0 radical (unpaired) electrons. The molecule has 1 rings (SSSR count). The molecule has 0 heterocycles. The Labute approximate surface area is 93.8 Å². The first-order valence-electron chi connectivity index (χ1n) is 4.97. The molecule has 0 unspecified atom stereocenters. The molecule has 0 aromatic heterocycles. The van der Waals surface area contributed by atoms with Crippen LogP contribution >= 0.6 is 0 Å². The molecular weight excluding hydrogens is 210 g/mol. The fourth-order valence-corrected chi connectivity index (χ4v) is 1.04. The van der Waals surface area contributed by atoms with E-state index in [-0.39, 0.29) is 19.8 Å². The summed E-state index contributed by atoms with van der Waals surface area (Å²) in [7, 11) is 0. The van der Waals surface area contributed by atoms with Crippen LogP contribution in [0.15, 0.2) is 24.3 Å². The van der Waals surface area contributed by atoms with E-state index in [4.69, 9.17) is 20.3 Å². The number of anilines is 1. The number of nitrogens with two attached hydrogens (primary N) is 1. The van der Waals surface area contributed by atoms with Gasteiger partial charge in [-0.25, -0.2) is 4.79 Å². The Morgan fingerprint density at radius 3 is 2.94 bits per heavy atom. The number of carbonyl (C=O) groups is 1. The second kappa shape index (κ2) is 6.68. The molecule has 0 spiro atoms. The molecule has 16 heavy (non-hydrogen) atoms. The van der Waals surface area contributed by atoms with Gasteiger partial charge in [-0.2, -0.15) is 0 Å². The average Bonchev–Trinajstić information content (AvgIpc) is 2.27. The van der Waals surface area contributed by atoms with Gasteiger partial charge in [0, 0.05) is 24.8 Å². The van der Waals surface area contributed by atoms with Gasteiger partial charge < -0.3 is 20.3 Å². The van der Waals surface area contributed by atoms with Gasteiger partial charge in [-0.05, 0) is 12.1 Å².